The Bertz CT molecular complexity index is 691. The van der Waals surface area contributed by atoms with E-state index in [0.29, 0.717) is 12.5 Å². The first-order valence-electron chi connectivity index (χ1n) is 7.57. The number of rotatable bonds is 2. The van der Waals surface area contributed by atoms with Crippen LogP contribution in [0.25, 0.3) is 0 Å². The van der Waals surface area contributed by atoms with Crippen molar-refractivity contribution in [2.75, 3.05) is 13.1 Å². The molecule has 0 saturated carbocycles. The van der Waals surface area contributed by atoms with E-state index in [4.69, 9.17) is 16.3 Å². The summed E-state index contributed by atoms with van der Waals surface area (Å²) >= 11 is 9.93. The number of halogens is 2. The van der Waals surface area contributed by atoms with Gasteiger partial charge >= 0.3 is 0 Å². The van der Waals surface area contributed by atoms with Crippen molar-refractivity contribution in [1.29, 1.82) is 0 Å². The van der Waals surface area contributed by atoms with Crippen LogP contribution in [0, 0.1) is 0 Å². The van der Waals surface area contributed by atoms with E-state index in [2.05, 4.69) is 63.3 Å². The average Bonchev–Trinajstić information content (AvgIpc) is 2.94. The quantitative estimate of drug-likeness (QED) is 0.757. The summed E-state index contributed by atoms with van der Waals surface area (Å²) < 4.78 is 7.04. The molecule has 2 aliphatic rings. The van der Waals surface area contributed by atoms with Crippen molar-refractivity contribution in [2.24, 2.45) is 0 Å². The van der Waals surface area contributed by atoms with Crippen LogP contribution in [0.1, 0.15) is 22.6 Å². The molecule has 2 atom stereocenters. The minimum Gasteiger partial charge on any atom is -0.371 e. The zero-order chi connectivity index (χ0) is 15.1. The van der Waals surface area contributed by atoms with Gasteiger partial charge in [-0.2, -0.15) is 0 Å². The van der Waals surface area contributed by atoms with Crippen LogP contribution in [0.2, 0.25) is 5.02 Å². The fraction of sp³-hybridized carbons (Fsp3) is 0.333. The van der Waals surface area contributed by atoms with Gasteiger partial charge in [0, 0.05) is 35.6 Å². The third-order valence-corrected chi connectivity index (χ3v) is 5.99. The van der Waals surface area contributed by atoms with E-state index in [1.165, 1.54) is 11.1 Å². The molecule has 2 aromatic rings. The molecule has 114 valence electrons. The van der Waals surface area contributed by atoms with Crippen LogP contribution in [0.15, 0.2) is 46.9 Å². The largest absolute Gasteiger partial charge is 0.371 e. The fourth-order valence-corrected chi connectivity index (χ4v) is 4.18. The summed E-state index contributed by atoms with van der Waals surface area (Å²) in [6.07, 6.45) is 0.286. The second kappa shape index (κ2) is 5.97. The predicted octanol–water partition coefficient (Wildman–Crippen LogP) is 4.60. The molecule has 2 aliphatic heterocycles. The Morgan fingerprint density at radius 2 is 1.95 bits per heavy atom. The van der Waals surface area contributed by atoms with Crippen LogP contribution in [-0.4, -0.2) is 24.1 Å². The molecule has 0 aliphatic carbocycles. The maximum Gasteiger partial charge on any atom is 0.0787 e. The first-order chi connectivity index (χ1) is 10.7. The topological polar surface area (TPSA) is 12.5 Å². The average molecular weight is 379 g/mol. The lowest BCUT2D eigenvalue weighted by molar-refractivity contribution is 0.0249. The van der Waals surface area contributed by atoms with Gasteiger partial charge in [0.05, 0.1) is 17.7 Å². The molecule has 1 fully saturated rings. The summed E-state index contributed by atoms with van der Waals surface area (Å²) in [4.78, 5) is 2.48. The number of benzene rings is 2. The van der Waals surface area contributed by atoms with Gasteiger partial charge in [-0.3, -0.25) is 4.90 Å². The van der Waals surface area contributed by atoms with Gasteiger partial charge in [0.25, 0.3) is 0 Å². The maximum absolute atomic E-state index is 6.43. The van der Waals surface area contributed by atoms with E-state index in [1.807, 2.05) is 0 Å². The number of ether oxygens (including phenoxy) is 1. The molecule has 4 heteroatoms. The first kappa shape index (κ1) is 14.7. The van der Waals surface area contributed by atoms with Gasteiger partial charge in [-0.1, -0.05) is 48.0 Å². The highest BCUT2D eigenvalue weighted by Crippen LogP contribution is 2.41. The number of hydrogen-bond acceptors (Lipinski definition) is 2. The van der Waals surface area contributed by atoms with Crippen molar-refractivity contribution in [3.63, 3.8) is 0 Å². The summed E-state index contributed by atoms with van der Waals surface area (Å²) in [6, 6.07) is 14.9. The van der Waals surface area contributed by atoms with Crippen molar-refractivity contribution in [2.45, 2.75) is 25.2 Å². The molecule has 0 amide bonds. The maximum atomic E-state index is 6.43. The van der Waals surface area contributed by atoms with Crippen molar-refractivity contribution in [3.05, 3.63) is 68.7 Å². The first-order valence-corrected chi connectivity index (χ1v) is 8.74. The summed E-state index contributed by atoms with van der Waals surface area (Å²) in [5.74, 6) is 0.429. The van der Waals surface area contributed by atoms with Crippen molar-refractivity contribution < 1.29 is 4.74 Å². The number of likely N-dealkylation sites (tertiary alicyclic amines) is 1. The highest BCUT2D eigenvalue weighted by molar-refractivity contribution is 9.10. The highest BCUT2D eigenvalue weighted by atomic mass is 79.9. The molecule has 2 heterocycles. The molecule has 22 heavy (non-hydrogen) atoms. The van der Waals surface area contributed by atoms with Crippen LogP contribution >= 0.6 is 27.5 Å². The zero-order valence-corrected chi connectivity index (χ0v) is 14.5. The normalized spacial score (nSPS) is 24.1. The van der Waals surface area contributed by atoms with Crippen LogP contribution in [0.3, 0.4) is 0 Å². The molecule has 0 bridgehead atoms. The third kappa shape index (κ3) is 2.61. The molecule has 1 saturated heterocycles. The van der Waals surface area contributed by atoms with Gasteiger partial charge in [-0.15, -0.1) is 0 Å². The van der Waals surface area contributed by atoms with E-state index in [9.17, 15) is 0 Å². The van der Waals surface area contributed by atoms with Crippen LogP contribution < -0.4 is 0 Å². The van der Waals surface area contributed by atoms with Gasteiger partial charge in [-0.25, -0.2) is 0 Å². The van der Waals surface area contributed by atoms with Gasteiger partial charge < -0.3 is 4.74 Å². The second-order valence-corrected chi connectivity index (χ2v) is 7.30. The summed E-state index contributed by atoms with van der Waals surface area (Å²) in [5.41, 5.74) is 3.87. The standard InChI is InChI=1S/C18H17BrClNO/c19-16-7-6-13-14-9-21(8-12-4-2-1-3-5-12)10-17(14)22-11-15(13)18(16)20/h1-7,14,17H,8-11H2/t14-,17+/m0/s1. The van der Waals surface area contributed by atoms with E-state index in [1.54, 1.807) is 0 Å². The Morgan fingerprint density at radius 1 is 1.14 bits per heavy atom. The number of hydrogen-bond donors (Lipinski definition) is 0. The molecule has 0 spiro atoms. The fourth-order valence-electron chi connectivity index (χ4n) is 3.58. The number of fused-ring (bicyclic) bond motifs is 3. The molecular weight excluding hydrogens is 362 g/mol. The van der Waals surface area contributed by atoms with Crippen LogP contribution in [0.5, 0.6) is 0 Å². The molecule has 0 N–H and O–H groups in total. The third-order valence-electron chi connectivity index (χ3n) is 4.66. The molecule has 2 nitrogen and oxygen atoms in total. The number of nitrogens with zero attached hydrogens (tertiary/aromatic N) is 1. The SMILES string of the molecule is Clc1c(Br)ccc2c1CO[C@@H]1CN(Cc3ccccc3)C[C@@H]21. The van der Waals surface area contributed by atoms with Crippen molar-refractivity contribution in [1.82, 2.24) is 4.90 Å². The summed E-state index contributed by atoms with van der Waals surface area (Å²) in [5, 5.41) is 0.803. The molecule has 0 unspecified atom stereocenters. The molecule has 2 aromatic carbocycles. The molecular formula is C18H17BrClNO. The van der Waals surface area contributed by atoms with E-state index >= 15 is 0 Å². The predicted molar refractivity (Wildman–Crippen MR) is 92.2 cm³/mol. The van der Waals surface area contributed by atoms with Crippen molar-refractivity contribution in [3.8, 4) is 0 Å². The van der Waals surface area contributed by atoms with E-state index < -0.39 is 0 Å². The Hall–Kier alpha value is -0.870. The smallest absolute Gasteiger partial charge is 0.0787 e. The van der Waals surface area contributed by atoms with Crippen LogP contribution in [-0.2, 0) is 17.9 Å². The second-order valence-electron chi connectivity index (χ2n) is 6.06. The lowest BCUT2D eigenvalue weighted by Gasteiger charge is -2.28. The lowest BCUT2D eigenvalue weighted by Crippen LogP contribution is -2.27. The Morgan fingerprint density at radius 3 is 2.77 bits per heavy atom. The minimum atomic E-state index is 0.286. The minimum absolute atomic E-state index is 0.286. The van der Waals surface area contributed by atoms with Gasteiger partial charge in [0.2, 0.25) is 0 Å². The van der Waals surface area contributed by atoms with Gasteiger partial charge in [0.15, 0.2) is 0 Å². The van der Waals surface area contributed by atoms with Crippen LogP contribution in [0.4, 0.5) is 0 Å². The molecule has 4 rings (SSSR count). The lowest BCUT2D eigenvalue weighted by atomic mass is 9.90. The van der Waals surface area contributed by atoms with Gasteiger partial charge in [0.1, 0.15) is 0 Å². The molecule has 0 radical (unpaired) electrons. The van der Waals surface area contributed by atoms with E-state index in [-0.39, 0.29) is 6.10 Å². The summed E-state index contributed by atoms with van der Waals surface area (Å²) in [7, 11) is 0. The Kier molecular flexibility index (Phi) is 3.99. The Balaban J connectivity index is 1.57. The van der Waals surface area contributed by atoms with Crippen molar-refractivity contribution >= 4 is 27.5 Å². The highest BCUT2D eigenvalue weighted by Gasteiger charge is 2.39. The monoisotopic (exact) mass is 377 g/mol. The van der Waals surface area contributed by atoms with Gasteiger partial charge in [-0.05, 0) is 33.1 Å². The Labute approximate surface area is 144 Å². The molecule has 0 aromatic heterocycles. The summed E-state index contributed by atoms with van der Waals surface area (Å²) in [6.45, 7) is 3.63. The van der Waals surface area contributed by atoms with E-state index in [0.717, 1.165) is 34.7 Å². The zero-order valence-electron chi connectivity index (χ0n) is 12.1.